The molecule has 0 bridgehead atoms. The Labute approximate surface area is 139 Å². The number of para-hydroxylation sites is 2. The van der Waals surface area contributed by atoms with Crippen molar-refractivity contribution in [3.8, 4) is 0 Å². The fraction of sp³-hybridized carbons (Fsp3) is 0.0500. The van der Waals surface area contributed by atoms with Gasteiger partial charge >= 0.3 is 0 Å². The fourth-order valence-electron chi connectivity index (χ4n) is 2.75. The van der Waals surface area contributed by atoms with Crippen molar-refractivity contribution < 1.29 is 4.79 Å². The molecule has 0 atom stereocenters. The lowest BCUT2D eigenvalue weighted by atomic mass is 10.1. The smallest absolute Gasteiger partial charge is 0.262 e. The molecule has 23 heavy (non-hydrogen) atoms. The normalized spacial score (nSPS) is 12.5. The van der Waals surface area contributed by atoms with E-state index in [9.17, 15) is 4.79 Å². The number of carbonyl (C=O) groups is 1. The number of hydrogen-bond donors (Lipinski definition) is 0. The van der Waals surface area contributed by atoms with Gasteiger partial charge in [0.05, 0.1) is 11.4 Å². The summed E-state index contributed by atoms with van der Waals surface area (Å²) < 4.78 is 0. The number of nitrogens with zero attached hydrogens (tertiary/aromatic N) is 1. The monoisotopic (exact) mass is 317 g/mol. The molecule has 1 aliphatic heterocycles. The lowest BCUT2D eigenvalue weighted by Gasteiger charge is -2.31. The highest BCUT2D eigenvalue weighted by molar-refractivity contribution is 7.99. The standard InChI is InChI=1S/C20H15NOS/c1-14-10-12-15(13-11-14)20(22)21-16-6-2-4-8-18(16)23-19-9-5-3-7-17(19)21/h2-13H,1H3. The lowest BCUT2D eigenvalue weighted by Crippen LogP contribution is -2.28. The first-order valence-corrected chi connectivity index (χ1v) is 8.33. The van der Waals surface area contributed by atoms with Crippen molar-refractivity contribution in [1.29, 1.82) is 0 Å². The minimum absolute atomic E-state index is 0.00481. The van der Waals surface area contributed by atoms with Gasteiger partial charge in [-0.1, -0.05) is 53.7 Å². The van der Waals surface area contributed by atoms with Crippen LogP contribution in [0.1, 0.15) is 15.9 Å². The van der Waals surface area contributed by atoms with Crippen LogP contribution in [0.3, 0.4) is 0 Å². The molecule has 0 fully saturated rings. The molecule has 0 saturated carbocycles. The van der Waals surface area contributed by atoms with E-state index in [1.165, 1.54) is 0 Å². The van der Waals surface area contributed by atoms with Crippen LogP contribution >= 0.6 is 11.8 Å². The molecule has 3 aromatic rings. The number of benzene rings is 3. The van der Waals surface area contributed by atoms with Crippen LogP contribution in [-0.4, -0.2) is 5.91 Å². The van der Waals surface area contributed by atoms with E-state index in [4.69, 9.17) is 0 Å². The number of hydrogen-bond acceptors (Lipinski definition) is 2. The van der Waals surface area contributed by atoms with E-state index in [2.05, 4.69) is 12.1 Å². The minimum atomic E-state index is 0.00481. The Kier molecular flexibility index (Phi) is 3.43. The van der Waals surface area contributed by atoms with Gasteiger partial charge in [-0.15, -0.1) is 0 Å². The third kappa shape index (κ3) is 2.43. The van der Waals surface area contributed by atoms with Crippen molar-refractivity contribution in [2.75, 3.05) is 4.90 Å². The Morgan fingerprint density at radius 2 is 1.30 bits per heavy atom. The summed E-state index contributed by atoms with van der Waals surface area (Å²) in [5.41, 5.74) is 3.74. The topological polar surface area (TPSA) is 20.3 Å². The Bertz CT molecular complexity index is 841. The molecular formula is C20H15NOS. The summed E-state index contributed by atoms with van der Waals surface area (Å²) >= 11 is 1.71. The van der Waals surface area contributed by atoms with Crippen molar-refractivity contribution >= 4 is 29.0 Å². The molecular weight excluding hydrogens is 302 g/mol. The first kappa shape index (κ1) is 14.1. The van der Waals surface area contributed by atoms with Crippen LogP contribution in [-0.2, 0) is 0 Å². The number of rotatable bonds is 1. The van der Waals surface area contributed by atoms with Gasteiger partial charge in [0, 0.05) is 15.4 Å². The highest BCUT2D eigenvalue weighted by atomic mass is 32.2. The zero-order valence-corrected chi connectivity index (χ0v) is 13.5. The second-order valence-corrected chi connectivity index (χ2v) is 6.63. The molecule has 0 aromatic heterocycles. The summed E-state index contributed by atoms with van der Waals surface area (Å²) in [5, 5.41) is 0. The summed E-state index contributed by atoms with van der Waals surface area (Å²) in [6.07, 6.45) is 0. The molecule has 2 nitrogen and oxygen atoms in total. The van der Waals surface area contributed by atoms with Crippen molar-refractivity contribution in [2.24, 2.45) is 0 Å². The Morgan fingerprint density at radius 3 is 1.87 bits per heavy atom. The van der Waals surface area contributed by atoms with Crippen LogP contribution in [0.15, 0.2) is 82.6 Å². The molecule has 1 aliphatic rings. The number of fused-ring (bicyclic) bond motifs is 2. The van der Waals surface area contributed by atoms with E-state index < -0.39 is 0 Å². The van der Waals surface area contributed by atoms with Gasteiger partial charge in [0.1, 0.15) is 0 Å². The predicted molar refractivity (Wildman–Crippen MR) is 94.7 cm³/mol. The van der Waals surface area contributed by atoms with Gasteiger partial charge in [-0.05, 0) is 43.3 Å². The van der Waals surface area contributed by atoms with Gasteiger partial charge in [-0.3, -0.25) is 9.69 Å². The average Bonchev–Trinajstić information content (AvgIpc) is 2.59. The van der Waals surface area contributed by atoms with Crippen LogP contribution in [0.2, 0.25) is 0 Å². The van der Waals surface area contributed by atoms with Crippen molar-refractivity contribution in [3.63, 3.8) is 0 Å². The van der Waals surface area contributed by atoms with Crippen molar-refractivity contribution in [1.82, 2.24) is 0 Å². The van der Waals surface area contributed by atoms with E-state index >= 15 is 0 Å². The molecule has 0 spiro atoms. The van der Waals surface area contributed by atoms with Crippen molar-refractivity contribution in [3.05, 3.63) is 83.9 Å². The lowest BCUT2D eigenvalue weighted by molar-refractivity contribution is 0.0998. The maximum Gasteiger partial charge on any atom is 0.262 e. The predicted octanol–water partition coefficient (Wildman–Crippen LogP) is 5.44. The fourth-order valence-corrected chi connectivity index (χ4v) is 3.81. The maximum atomic E-state index is 13.2. The third-order valence-electron chi connectivity index (χ3n) is 3.93. The molecule has 4 rings (SSSR count). The molecule has 0 N–H and O–H groups in total. The molecule has 0 aliphatic carbocycles. The third-order valence-corrected chi connectivity index (χ3v) is 5.06. The van der Waals surface area contributed by atoms with Gasteiger partial charge in [0.2, 0.25) is 0 Å². The minimum Gasteiger partial charge on any atom is -0.275 e. The van der Waals surface area contributed by atoms with E-state index in [1.54, 1.807) is 11.8 Å². The molecule has 1 amide bonds. The highest BCUT2D eigenvalue weighted by Crippen LogP contribution is 2.48. The quantitative estimate of drug-likeness (QED) is 0.596. The van der Waals surface area contributed by atoms with E-state index in [0.717, 1.165) is 26.7 Å². The summed E-state index contributed by atoms with van der Waals surface area (Å²) in [6.45, 7) is 2.02. The van der Waals surface area contributed by atoms with Gasteiger partial charge in [0.15, 0.2) is 0 Å². The van der Waals surface area contributed by atoms with E-state index in [0.29, 0.717) is 5.56 Å². The summed E-state index contributed by atoms with van der Waals surface area (Å²) in [6, 6.07) is 23.8. The van der Waals surface area contributed by atoms with E-state index in [1.807, 2.05) is 72.5 Å². The molecule has 0 saturated heterocycles. The van der Waals surface area contributed by atoms with E-state index in [-0.39, 0.29) is 5.91 Å². The van der Waals surface area contributed by atoms with Gasteiger partial charge in [-0.2, -0.15) is 0 Å². The second-order valence-electron chi connectivity index (χ2n) is 5.54. The van der Waals surface area contributed by atoms with Crippen LogP contribution in [0.25, 0.3) is 0 Å². The number of carbonyl (C=O) groups excluding carboxylic acids is 1. The molecule has 112 valence electrons. The second kappa shape index (κ2) is 5.60. The molecule has 3 heteroatoms. The summed E-state index contributed by atoms with van der Waals surface area (Å²) in [4.78, 5) is 17.2. The van der Waals surface area contributed by atoms with Crippen LogP contribution < -0.4 is 4.90 Å². The first-order valence-electron chi connectivity index (χ1n) is 7.51. The SMILES string of the molecule is Cc1ccc(C(=O)N2c3ccccc3Sc3ccccc32)cc1. The number of amides is 1. The molecule has 1 heterocycles. The largest absolute Gasteiger partial charge is 0.275 e. The maximum absolute atomic E-state index is 13.2. The zero-order chi connectivity index (χ0) is 15.8. The van der Waals surface area contributed by atoms with Gasteiger partial charge in [-0.25, -0.2) is 0 Å². The summed E-state index contributed by atoms with van der Waals surface area (Å²) in [5.74, 6) is 0.00481. The Morgan fingerprint density at radius 1 is 0.783 bits per heavy atom. The molecule has 0 unspecified atom stereocenters. The highest BCUT2D eigenvalue weighted by Gasteiger charge is 2.28. The summed E-state index contributed by atoms with van der Waals surface area (Å²) in [7, 11) is 0. The van der Waals surface area contributed by atoms with Crippen LogP contribution in [0.5, 0.6) is 0 Å². The van der Waals surface area contributed by atoms with Crippen molar-refractivity contribution in [2.45, 2.75) is 16.7 Å². The van der Waals surface area contributed by atoms with Crippen LogP contribution in [0, 0.1) is 6.92 Å². The Balaban J connectivity index is 1.87. The average molecular weight is 317 g/mol. The zero-order valence-electron chi connectivity index (χ0n) is 12.7. The van der Waals surface area contributed by atoms with Crippen LogP contribution in [0.4, 0.5) is 11.4 Å². The van der Waals surface area contributed by atoms with Gasteiger partial charge < -0.3 is 0 Å². The molecule has 3 aromatic carbocycles. The Hall–Kier alpha value is -2.52. The van der Waals surface area contributed by atoms with Gasteiger partial charge in [0.25, 0.3) is 5.91 Å². The first-order chi connectivity index (χ1) is 11.2. The number of anilines is 2. The molecule has 0 radical (unpaired) electrons. The number of aryl methyl sites for hydroxylation is 1.